The smallest absolute Gasteiger partial charge is 0.326 e. The largest absolute Gasteiger partial charge is 0.480 e. The fraction of sp³-hybridized carbons (Fsp3) is 0.807. The number of carboxylic acid groups (broad SMARTS) is 1. The summed E-state index contributed by atoms with van der Waals surface area (Å²) in [5.41, 5.74) is 10.9. The number of carboxylic acids is 1. The van der Waals surface area contributed by atoms with Crippen molar-refractivity contribution in [1.82, 2.24) is 42.5 Å². The van der Waals surface area contributed by atoms with Crippen LogP contribution in [0.1, 0.15) is 206 Å². The Bertz CT molecular complexity index is 1980. The van der Waals surface area contributed by atoms with E-state index in [0.717, 1.165) is 32.1 Å². The summed E-state index contributed by atoms with van der Waals surface area (Å²) in [6, 6.07) is -10.4. The number of nitrogens with two attached hydrogens (primary N) is 2. The molecule has 0 aromatic rings. The van der Waals surface area contributed by atoms with Gasteiger partial charge in [-0.2, -0.15) is 0 Å². The topological polar surface area (TPSA) is 377 Å². The van der Waals surface area contributed by atoms with Crippen molar-refractivity contribution in [2.75, 3.05) is 0 Å². The van der Waals surface area contributed by atoms with Gasteiger partial charge in [-0.05, 0) is 86.9 Å². The predicted octanol–water partition coefficient (Wildman–Crippen LogP) is 3.26. The van der Waals surface area contributed by atoms with Crippen LogP contribution >= 0.6 is 0 Å². The third kappa shape index (κ3) is 33.0. The van der Waals surface area contributed by atoms with Gasteiger partial charge in [0.1, 0.15) is 48.3 Å². The Morgan fingerprint density at radius 3 is 1.02 bits per heavy atom. The lowest BCUT2D eigenvalue weighted by Crippen LogP contribution is -2.61. The van der Waals surface area contributed by atoms with Crippen molar-refractivity contribution in [1.29, 1.82) is 0 Å². The number of unbranched alkanes of at least 4 members (excludes halogenated alkanes) is 6. The molecule has 0 aliphatic carbocycles. The molecule has 0 radical (unpaired) electrons. The van der Waals surface area contributed by atoms with E-state index in [0.29, 0.717) is 6.42 Å². The van der Waals surface area contributed by atoms with Crippen LogP contribution in [0.5, 0.6) is 0 Å². The molecule has 0 rings (SSSR count). The predicted molar refractivity (Wildman–Crippen MR) is 305 cm³/mol. The second-order valence-electron chi connectivity index (χ2n) is 24.0. The van der Waals surface area contributed by atoms with Gasteiger partial charge in [0, 0.05) is 12.8 Å². The van der Waals surface area contributed by atoms with Gasteiger partial charge in [0.25, 0.3) is 0 Å². The summed E-state index contributed by atoms with van der Waals surface area (Å²) in [5, 5.41) is 41.5. The molecular weight excluding hydrogens is 1030 g/mol. The first-order chi connectivity index (χ1) is 37.3. The molecule has 0 saturated carbocycles. The lowest BCUT2D eigenvalue weighted by Gasteiger charge is -2.30. The summed E-state index contributed by atoms with van der Waals surface area (Å²) in [5.74, 6) is -10.4. The molecule has 0 fully saturated rings. The van der Waals surface area contributed by atoms with E-state index in [4.69, 9.17) is 11.5 Å². The quantitative estimate of drug-likeness (QED) is 0.0391. The van der Waals surface area contributed by atoms with Crippen molar-refractivity contribution in [2.45, 2.75) is 260 Å². The average molecular weight is 1140 g/mol. The van der Waals surface area contributed by atoms with Crippen LogP contribution in [0.25, 0.3) is 0 Å². The highest BCUT2D eigenvalue weighted by atomic mass is 16.4. The van der Waals surface area contributed by atoms with Crippen LogP contribution in [0, 0.1) is 35.5 Å². The molecule has 0 bridgehead atoms. The normalized spacial score (nSPS) is 14.9. The fourth-order valence-electron chi connectivity index (χ4n) is 8.93. The van der Waals surface area contributed by atoms with Crippen LogP contribution in [-0.4, -0.2) is 130 Å². The Morgan fingerprint density at radius 2 is 0.675 bits per heavy atom. The van der Waals surface area contributed by atoms with Gasteiger partial charge >= 0.3 is 5.97 Å². The van der Waals surface area contributed by atoms with E-state index in [1.807, 2.05) is 41.5 Å². The highest BCUT2D eigenvalue weighted by molar-refractivity contribution is 5.98. The zero-order chi connectivity index (χ0) is 61.4. The van der Waals surface area contributed by atoms with E-state index >= 15 is 0 Å². The SMILES string of the molecule is CCCCCCCCC[C@@H](O)CC(=O)N[C@@H](CC(C)C)C(=O)N[C@@H](CC(C)C)C(=O)N[C@H](CCC(N)=O)C(=O)N[C@@H](CC(C)C)C(=O)N[C@H](CCC(N)=O)C(=O)N[C@H](C(=O)N[C@H](CC(C)C)C(=O)N[C@@H](CC(C)C)C(=O)O)C(C)C. The van der Waals surface area contributed by atoms with Crippen molar-refractivity contribution in [3.8, 4) is 0 Å². The highest BCUT2D eigenvalue weighted by Gasteiger charge is 2.36. The van der Waals surface area contributed by atoms with E-state index in [2.05, 4.69) is 49.5 Å². The summed E-state index contributed by atoms with van der Waals surface area (Å²) in [4.78, 5) is 147. The Kier molecular flexibility index (Phi) is 36.6. The fourth-order valence-corrected chi connectivity index (χ4v) is 8.93. The maximum atomic E-state index is 14.2. The maximum absolute atomic E-state index is 14.2. The molecule has 23 nitrogen and oxygen atoms in total. The van der Waals surface area contributed by atoms with Gasteiger partial charge in [-0.1, -0.05) is 135 Å². The lowest BCUT2D eigenvalue weighted by atomic mass is 9.98. The molecule has 0 unspecified atom stereocenters. The molecule has 14 N–H and O–H groups in total. The number of aliphatic hydroxyl groups is 1. The van der Waals surface area contributed by atoms with E-state index in [1.54, 1.807) is 41.5 Å². The first-order valence-electron chi connectivity index (χ1n) is 29.2. The number of carbonyl (C=O) groups is 11. The summed E-state index contributed by atoms with van der Waals surface area (Å²) in [6.07, 6.45) is 5.81. The van der Waals surface area contributed by atoms with Gasteiger partial charge < -0.3 is 64.2 Å². The molecule has 23 heteroatoms. The second kappa shape index (κ2) is 39.5. The molecule has 0 heterocycles. The van der Waals surface area contributed by atoms with Crippen LogP contribution in [0.4, 0.5) is 0 Å². The number of rotatable bonds is 43. The Morgan fingerprint density at radius 1 is 0.375 bits per heavy atom. The number of amides is 10. The van der Waals surface area contributed by atoms with Gasteiger partial charge in [0.2, 0.25) is 59.1 Å². The minimum atomic E-state index is -1.51. The average Bonchev–Trinajstić information content (AvgIpc) is 3.32. The highest BCUT2D eigenvalue weighted by Crippen LogP contribution is 2.16. The van der Waals surface area contributed by atoms with E-state index in [-0.39, 0.29) is 87.4 Å². The minimum Gasteiger partial charge on any atom is -0.480 e. The van der Waals surface area contributed by atoms with Crippen molar-refractivity contribution in [3.63, 3.8) is 0 Å². The number of aliphatic carboxylic acids is 1. The molecule has 460 valence electrons. The van der Waals surface area contributed by atoms with Gasteiger partial charge in [-0.15, -0.1) is 0 Å². The Balaban J connectivity index is 6.62. The third-order valence-electron chi connectivity index (χ3n) is 13.1. The van der Waals surface area contributed by atoms with Crippen LogP contribution < -0.4 is 54.0 Å². The molecule has 0 aliphatic heterocycles. The van der Waals surface area contributed by atoms with E-state index in [9.17, 15) is 63.0 Å². The standard InChI is InChI=1S/C57H104N10O13/c1-14-15-16-17-18-19-20-21-38(68)31-48(71)60-41(26-32(2)3)52(74)64-43(28-34(6)7)54(76)61-39(22-24-46(58)69)50(72)63-42(27-33(4)5)53(75)62-40(23-25-47(59)70)51(73)67-49(37(12)13)56(78)65-44(29-35(8)9)55(77)66-45(57(79)80)30-36(10)11/h32-45,49,68H,14-31H2,1-13H3,(H2,58,69)(H2,59,70)(H,60,71)(H,61,76)(H,62,75)(H,63,72)(H,64,74)(H,65,78)(H,66,77)(H,67,73)(H,79,80)/t38-,39-,40-,41+,42+,43+,44-,45+,49+/m1/s1. The Labute approximate surface area is 476 Å². The van der Waals surface area contributed by atoms with Crippen LogP contribution in [0.15, 0.2) is 0 Å². The van der Waals surface area contributed by atoms with Crippen LogP contribution in [0.3, 0.4) is 0 Å². The molecule has 0 spiro atoms. The van der Waals surface area contributed by atoms with E-state index < -0.39 is 132 Å². The zero-order valence-electron chi connectivity index (χ0n) is 50.4. The molecule has 0 saturated heterocycles. The molecule has 80 heavy (non-hydrogen) atoms. The Hall–Kier alpha value is -5.87. The number of hydrogen-bond acceptors (Lipinski definition) is 12. The third-order valence-corrected chi connectivity index (χ3v) is 13.1. The van der Waals surface area contributed by atoms with Gasteiger partial charge in [0.05, 0.1) is 12.5 Å². The van der Waals surface area contributed by atoms with Gasteiger partial charge in [-0.25, -0.2) is 4.79 Å². The first-order valence-corrected chi connectivity index (χ1v) is 29.2. The molecule has 0 aromatic carbocycles. The monoisotopic (exact) mass is 1140 g/mol. The number of primary amides is 2. The number of hydrogen-bond donors (Lipinski definition) is 12. The summed E-state index contributed by atoms with van der Waals surface area (Å²) in [7, 11) is 0. The number of aliphatic hydroxyl groups excluding tert-OH is 1. The first kappa shape index (κ1) is 74.1. The molecule has 0 aromatic heterocycles. The minimum absolute atomic E-state index is 0.0143. The molecule has 0 aliphatic rings. The van der Waals surface area contributed by atoms with Crippen molar-refractivity contribution >= 4 is 65.0 Å². The number of carbonyl (C=O) groups excluding carboxylic acids is 10. The van der Waals surface area contributed by atoms with Crippen LogP contribution in [0.2, 0.25) is 0 Å². The summed E-state index contributed by atoms with van der Waals surface area (Å²) in [6.45, 7) is 23.5. The van der Waals surface area contributed by atoms with Crippen molar-refractivity contribution in [3.05, 3.63) is 0 Å². The van der Waals surface area contributed by atoms with E-state index in [1.165, 1.54) is 12.8 Å². The van der Waals surface area contributed by atoms with Gasteiger partial charge in [0.15, 0.2) is 0 Å². The lowest BCUT2D eigenvalue weighted by molar-refractivity contribution is -0.143. The van der Waals surface area contributed by atoms with Crippen molar-refractivity contribution < 1.29 is 63.0 Å². The van der Waals surface area contributed by atoms with Crippen LogP contribution in [-0.2, 0) is 52.7 Å². The maximum Gasteiger partial charge on any atom is 0.326 e. The molecule has 10 amide bonds. The number of nitrogens with one attached hydrogen (secondary N) is 8. The molecular formula is C57H104N10O13. The van der Waals surface area contributed by atoms with Gasteiger partial charge in [-0.3, -0.25) is 47.9 Å². The zero-order valence-corrected chi connectivity index (χ0v) is 50.4. The molecule has 9 atom stereocenters. The van der Waals surface area contributed by atoms with Crippen molar-refractivity contribution in [2.24, 2.45) is 47.0 Å². The second-order valence-corrected chi connectivity index (χ2v) is 24.0. The summed E-state index contributed by atoms with van der Waals surface area (Å²) >= 11 is 0. The summed E-state index contributed by atoms with van der Waals surface area (Å²) < 4.78 is 0.